The van der Waals surface area contributed by atoms with E-state index in [0.717, 1.165) is 33.7 Å². The summed E-state index contributed by atoms with van der Waals surface area (Å²) in [6, 6.07) is 23.8. The molecule has 0 aliphatic heterocycles. The fourth-order valence-corrected chi connectivity index (χ4v) is 2.91. The third-order valence-electron chi connectivity index (χ3n) is 4.28. The lowest BCUT2D eigenvalue weighted by Crippen LogP contribution is -2.14. The van der Waals surface area contributed by atoms with Crippen LogP contribution in [0.1, 0.15) is 30.7 Å². The third kappa shape index (κ3) is 4.38. The highest BCUT2D eigenvalue weighted by atomic mass is 16.3. The first-order chi connectivity index (χ1) is 14.0. The molecule has 0 aliphatic rings. The summed E-state index contributed by atoms with van der Waals surface area (Å²) >= 11 is 0. The van der Waals surface area contributed by atoms with Gasteiger partial charge < -0.3 is 5.11 Å². The number of fused-ring (bicyclic) bond motifs is 1. The topological polar surface area (TPSA) is 37.5 Å². The van der Waals surface area contributed by atoms with E-state index >= 15 is 0 Å². The van der Waals surface area contributed by atoms with Gasteiger partial charge in [-0.2, -0.15) is 0 Å². The van der Waals surface area contributed by atoms with Crippen molar-refractivity contribution >= 4 is 5.65 Å². The molecule has 2 aromatic carbocycles. The van der Waals surface area contributed by atoms with Crippen molar-refractivity contribution in [2.24, 2.45) is 0 Å². The van der Waals surface area contributed by atoms with Crippen LogP contribution in [0.3, 0.4) is 0 Å². The number of pyridine rings is 1. The Morgan fingerprint density at radius 3 is 2.17 bits per heavy atom. The van der Waals surface area contributed by atoms with Crippen LogP contribution in [0.5, 0.6) is 0 Å². The fourth-order valence-electron chi connectivity index (χ4n) is 2.91. The number of nitrogens with zero attached hydrogens (tertiary/aromatic N) is 2. The van der Waals surface area contributed by atoms with E-state index in [1.807, 2.05) is 83.4 Å². The zero-order valence-electron chi connectivity index (χ0n) is 16.3. The van der Waals surface area contributed by atoms with Crippen LogP contribution >= 0.6 is 0 Å². The molecule has 2 aromatic heterocycles. The van der Waals surface area contributed by atoms with Gasteiger partial charge in [0.25, 0.3) is 0 Å². The second-order valence-electron chi connectivity index (χ2n) is 7.25. The van der Waals surface area contributed by atoms with Gasteiger partial charge in [0.05, 0.1) is 0 Å². The van der Waals surface area contributed by atoms with Crippen LogP contribution in [0, 0.1) is 23.7 Å². The summed E-state index contributed by atoms with van der Waals surface area (Å²) in [4.78, 5) is 4.81. The highest BCUT2D eigenvalue weighted by Gasteiger charge is 2.13. The maximum absolute atomic E-state index is 9.89. The molecule has 4 aromatic rings. The number of hydrogen-bond acceptors (Lipinski definition) is 2. The molecule has 3 heteroatoms. The van der Waals surface area contributed by atoms with Crippen molar-refractivity contribution in [1.82, 2.24) is 9.38 Å². The maximum Gasteiger partial charge on any atom is 0.138 e. The van der Waals surface area contributed by atoms with Crippen LogP contribution in [-0.4, -0.2) is 20.1 Å². The smallest absolute Gasteiger partial charge is 0.138 e. The maximum atomic E-state index is 9.89. The van der Waals surface area contributed by atoms with E-state index < -0.39 is 5.60 Å². The molecule has 140 valence electrons. The summed E-state index contributed by atoms with van der Waals surface area (Å²) in [5.41, 5.74) is 4.14. The van der Waals surface area contributed by atoms with Crippen molar-refractivity contribution in [2.75, 3.05) is 0 Å². The van der Waals surface area contributed by atoms with E-state index in [-0.39, 0.29) is 0 Å². The molecule has 0 amide bonds. The number of aliphatic hydroxyl groups is 1. The zero-order chi connectivity index (χ0) is 20.3. The quantitative estimate of drug-likeness (QED) is 0.496. The van der Waals surface area contributed by atoms with Crippen molar-refractivity contribution in [1.29, 1.82) is 0 Å². The summed E-state index contributed by atoms with van der Waals surface area (Å²) in [6.45, 7) is 3.33. The molecular formula is C26H20N2O. The Kier molecular flexibility index (Phi) is 4.92. The minimum Gasteiger partial charge on any atom is -0.378 e. The first-order valence-electron chi connectivity index (χ1n) is 9.40. The Morgan fingerprint density at radius 2 is 1.48 bits per heavy atom. The number of rotatable bonds is 1. The van der Waals surface area contributed by atoms with Gasteiger partial charge in [0.2, 0.25) is 0 Å². The molecule has 0 unspecified atom stereocenters. The number of imidazole rings is 1. The summed E-state index contributed by atoms with van der Waals surface area (Å²) in [5.74, 6) is 12.4. The van der Waals surface area contributed by atoms with Gasteiger partial charge in [-0.3, -0.25) is 4.40 Å². The Labute approximate surface area is 170 Å². The second-order valence-corrected chi connectivity index (χ2v) is 7.25. The van der Waals surface area contributed by atoms with Gasteiger partial charge in [-0.25, -0.2) is 4.98 Å². The zero-order valence-corrected chi connectivity index (χ0v) is 16.3. The Bertz CT molecular complexity index is 1270. The summed E-state index contributed by atoms with van der Waals surface area (Å²) in [7, 11) is 0. The lowest BCUT2D eigenvalue weighted by atomic mass is 10.1. The van der Waals surface area contributed by atoms with E-state index in [9.17, 15) is 5.11 Å². The van der Waals surface area contributed by atoms with Gasteiger partial charge in [-0.15, -0.1) is 0 Å². The average Bonchev–Trinajstić information content (AvgIpc) is 3.09. The molecule has 0 radical (unpaired) electrons. The second kappa shape index (κ2) is 7.68. The molecule has 0 saturated carbocycles. The number of benzene rings is 2. The Balaban J connectivity index is 1.90. The van der Waals surface area contributed by atoms with Crippen molar-refractivity contribution in [3.05, 3.63) is 95.8 Å². The molecule has 2 heterocycles. The first-order valence-corrected chi connectivity index (χ1v) is 9.40. The van der Waals surface area contributed by atoms with Crippen LogP contribution in [0.4, 0.5) is 0 Å². The van der Waals surface area contributed by atoms with Gasteiger partial charge in [-0.1, -0.05) is 66.3 Å². The minimum atomic E-state index is -1.05. The van der Waals surface area contributed by atoms with Crippen molar-refractivity contribution in [3.8, 4) is 34.9 Å². The minimum absolute atomic E-state index is 0.791. The first kappa shape index (κ1) is 18.6. The molecule has 29 heavy (non-hydrogen) atoms. The lowest BCUT2D eigenvalue weighted by molar-refractivity contribution is 0.143. The van der Waals surface area contributed by atoms with E-state index in [4.69, 9.17) is 4.98 Å². The van der Waals surface area contributed by atoms with Crippen molar-refractivity contribution < 1.29 is 5.11 Å². The fraction of sp³-hybridized carbons (Fsp3) is 0.115. The molecule has 3 nitrogen and oxygen atoms in total. The van der Waals surface area contributed by atoms with Crippen molar-refractivity contribution in [2.45, 2.75) is 19.4 Å². The molecule has 0 aliphatic carbocycles. The van der Waals surface area contributed by atoms with Crippen molar-refractivity contribution in [3.63, 3.8) is 0 Å². The standard InChI is InChI=1S/C26H20N2O/c1-26(2,29)18-17-21-14-16-24-27-25(22-11-7-4-8-12-22)23(28(24)19-21)15-13-20-9-5-3-6-10-20/h3-12,14,16,19,29H,1-2H3. The molecule has 0 spiro atoms. The van der Waals surface area contributed by atoms with E-state index in [1.54, 1.807) is 13.8 Å². The van der Waals surface area contributed by atoms with Crippen LogP contribution in [0.2, 0.25) is 0 Å². The summed E-state index contributed by atoms with van der Waals surface area (Å²) in [5, 5.41) is 9.89. The van der Waals surface area contributed by atoms with E-state index in [0.29, 0.717) is 0 Å². The third-order valence-corrected chi connectivity index (χ3v) is 4.28. The van der Waals surface area contributed by atoms with Gasteiger partial charge >= 0.3 is 0 Å². The summed E-state index contributed by atoms with van der Waals surface area (Å²) in [6.07, 6.45) is 1.92. The van der Waals surface area contributed by atoms with Gasteiger partial charge in [0.1, 0.15) is 22.6 Å². The van der Waals surface area contributed by atoms with Gasteiger partial charge in [-0.05, 0) is 44.0 Å². The monoisotopic (exact) mass is 376 g/mol. The largest absolute Gasteiger partial charge is 0.378 e. The molecule has 1 N–H and O–H groups in total. The highest BCUT2D eigenvalue weighted by Crippen LogP contribution is 2.24. The van der Waals surface area contributed by atoms with Crippen LogP contribution < -0.4 is 0 Å². The van der Waals surface area contributed by atoms with Gasteiger partial charge in [0.15, 0.2) is 0 Å². The lowest BCUT2D eigenvalue weighted by Gasteiger charge is -2.06. The molecule has 0 fully saturated rings. The molecule has 0 saturated heterocycles. The summed E-state index contributed by atoms with van der Waals surface area (Å²) < 4.78 is 1.96. The van der Waals surface area contributed by atoms with Crippen LogP contribution in [0.15, 0.2) is 79.0 Å². The SMILES string of the molecule is CC(C)(O)C#Cc1ccc2nc(-c3ccccc3)c(C#Cc3ccccc3)n2c1. The predicted molar refractivity (Wildman–Crippen MR) is 116 cm³/mol. The van der Waals surface area contributed by atoms with E-state index in [2.05, 4.69) is 23.7 Å². The normalized spacial score (nSPS) is 10.7. The molecular weight excluding hydrogens is 356 g/mol. The predicted octanol–water partition coefficient (Wildman–Crippen LogP) is 4.52. The average molecular weight is 376 g/mol. The molecule has 4 rings (SSSR count). The Hall–Kier alpha value is -3.79. The molecule has 0 bridgehead atoms. The van der Waals surface area contributed by atoms with Gasteiger partial charge in [0, 0.05) is 22.9 Å². The number of aromatic nitrogens is 2. The van der Waals surface area contributed by atoms with Crippen LogP contribution in [-0.2, 0) is 0 Å². The van der Waals surface area contributed by atoms with Crippen LogP contribution in [0.25, 0.3) is 16.9 Å². The Morgan fingerprint density at radius 1 is 0.793 bits per heavy atom. The highest BCUT2D eigenvalue weighted by molar-refractivity contribution is 5.71. The molecule has 0 atom stereocenters. The van der Waals surface area contributed by atoms with E-state index in [1.165, 1.54) is 0 Å². The number of hydrogen-bond donors (Lipinski definition) is 1.